The maximum absolute atomic E-state index is 2.52. The standard InChI is InChI=1S/3C49H34/c1-49(2)44-28-12-11-26-42(44)48-37-21-6-5-20-35(37)43(30-45(48)49)32-17-13-18-33(29-32)46-38-22-7-9-24-40(38)47(41-25-10-8-23-39(41)46)36-27-14-16-31-15-3-4-19-34(31)36;1-49(2)44-25-12-11-24-42(44)48-37-19-6-5-18-36(37)43(30-45(48)49)33-16-13-17-34(29-33)46-38-20-7-9-22-40(38)47(41-23-10-8-21-39(41)46)35-27-26-31-14-3-4-15-32(31)28-35;1-49(2)44-27-15-14-26-40(44)48-35-21-9-8-20-34(35)43(30-45(48)49)47-38-24-12-10-22-36(38)46(37-23-11-13-25-39(37)47)42-29-33-19-7-6-18-32(33)28-41(42)31-16-4-3-5-17-31/h3*3-30H,1-2H3. The van der Waals surface area contributed by atoms with Gasteiger partial charge in [-0.3, -0.25) is 0 Å². The van der Waals surface area contributed by atoms with Gasteiger partial charge >= 0.3 is 0 Å². The van der Waals surface area contributed by atoms with Crippen LogP contribution in [0.5, 0.6) is 0 Å². The Bertz CT molecular complexity index is 10000. The van der Waals surface area contributed by atoms with Gasteiger partial charge in [0.15, 0.2) is 0 Å². The van der Waals surface area contributed by atoms with E-state index < -0.39 is 0 Å². The lowest BCUT2D eigenvalue weighted by Gasteiger charge is -2.24. The van der Waals surface area contributed by atoms with E-state index in [0.717, 1.165) is 0 Å². The van der Waals surface area contributed by atoms with E-state index in [4.69, 9.17) is 0 Å². The molecule has 30 rings (SSSR count). The Hall–Kier alpha value is -17.9. The molecule has 690 valence electrons. The van der Waals surface area contributed by atoms with Gasteiger partial charge in [0.2, 0.25) is 0 Å². The first-order valence-electron chi connectivity index (χ1n) is 51.8. The van der Waals surface area contributed by atoms with Crippen molar-refractivity contribution < 1.29 is 0 Å². The molecule has 0 saturated carbocycles. The van der Waals surface area contributed by atoms with Gasteiger partial charge in [0.1, 0.15) is 0 Å². The van der Waals surface area contributed by atoms with Crippen LogP contribution in [-0.4, -0.2) is 0 Å². The van der Waals surface area contributed by atoms with Crippen LogP contribution in [0.25, 0.3) is 263 Å². The first kappa shape index (κ1) is 86.9. The molecule has 147 heavy (non-hydrogen) atoms. The highest BCUT2D eigenvalue weighted by Gasteiger charge is 2.41. The van der Waals surface area contributed by atoms with Crippen molar-refractivity contribution in [3.63, 3.8) is 0 Å². The first-order chi connectivity index (χ1) is 72.3. The number of rotatable bonds is 9. The van der Waals surface area contributed by atoms with Gasteiger partial charge in [0.05, 0.1) is 0 Å². The average molecular weight is 1870 g/mol. The molecule has 0 unspecified atom stereocenters. The second kappa shape index (κ2) is 34.1. The summed E-state index contributed by atoms with van der Waals surface area (Å²) >= 11 is 0. The first-order valence-corrected chi connectivity index (χ1v) is 51.8. The molecule has 0 heteroatoms. The van der Waals surface area contributed by atoms with Gasteiger partial charge in [0.25, 0.3) is 0 Å². The van der Waals surface area contributed by atoms with Crippen LogP contribution < -0.4 is 0 Å². The summed E-state index contributed by atoms with van der Waals surface area (Å²) in [4.78, 5) is 0. The SMILES string of the molecule is CC1(C)c2ccccc2-c2c1cc(-c1c3ccccc3c(-c3cc4ccccc4cc3-c3ccccc3)c3ccccc13)c1ccccc21.CC1(C)c2ccccc2-c2c1cc(-c1cccc(-c3c4ccccc4c(-c4ccc5ccccc5c4)c4ccccc34)c1)c1ccccc21.CC1(C)c2ccccc2-c2c1cc(-c1cccc(-c3c4ccccc4c(-c4cccc5ccccc45)c4ccccc34)c1)c1ccccc21. The molecule has 0 fully saturated rings. The second-order valence-electron chi connectivity index (χ2n) is 42.1. The highest BCUT2D eigenvalue weighted by molar-refractivity contribution is 6.29. The lowest BCUT2D eigenvalue weighted by molar-refractivity contribution is 0.661. The minimum atomic E-state index is -0.105. The normalized spacial score (nSPS) is 13.3. The van der Waals surface area contributed by atoms with Crippen LogP contribution in [0.3, 0.4) is 0 Å². The Morgan fingerprint density at radius 3 is 0.728 bits per heavy atom. The van der Waals surface area contributed by atoms with E-state index in [1.165, 1.54) is 296 Å². The monoisotopic (exact) mass is 1870 g/mol. The molecule has 3 aliphatic carbocycles. The lowest BCUT2D eigenvalue weighted by atomic mass is 9.78. The van der Waals surface area contributed by atoms with Crippen LogP contribution in [0.2, 0.25) is 0 Å². The quantitative estimate of drug-likeness (QED) is 0.126. The van der Waals surface area contributed by atoms with Crippen molar-refractivity contribution in [1.82, 2.24) is 0 Å². The third-order valence-electron chi connectivity index (χ3n) is 33.1. The minimum absolute atomic E-state index is 0.0761. The maximum atomic E-state index is 2.52. The van der Waals surface area contributed by atoms with Gasteiger partial charge in [0, 0.05) is 16.2 Å². The predicted octanol–water partition coefficient (Wildman–Crippen LogP) is 40.8. The van der Waals surface area contributed by atoms with Crippen LogP contribution in [0.15, 0.2) is 510 Å². The Balaban J connectivity index is 0.000000107. The minimum Gasteiger partial charge on any atom is -0.0622 e. The van der Waals surface area contributed by atoms with Gasteiger partial charge in [-0.05, 0) is 345 Å². The topological polar surface area (TPSA) is 0 Å². The highest BCUT2D eigenvalue weighted by Crippen LogP contribution is 2.60. The number of hydrogen-bond donors (Lipinski definition) is 0. The molecule has 0 aliphatic heterocycles. The zero-order valence-corrected chi connectivity index (χ0v) is 83.0. The predicted molar refractivity (Wildman–Crippen MR) is 631 cm³/mol. The Kier molecular flexibility index (Phi) is 20.2. The Morgan fingerprint density at radius 2 is 0.340 bits per heavy atom. The van der Waals surface area contributed by atoms with Gasteiger partial charge in [-0.1, -0.05) is 503 Å². The number of benzene rings is 27. The van der Waals surface area contributed by atoms with E-state index in [1.54, 1.807) is 0 Å². The molecule has 0 saturated heterocycles. The second-order valence-corrected chi connectivity index (χ2v) is 42.1. The van der Waals surface area contributed by atoms with Crippen LogP contribution in [0, 0.1) is 0 Å². The van der Waals surface area contributed by atoms with Crippen molar-refractivity contribution in [2.75, 3.05) is 0 Å². The van der Waals surface area contributed by atoms with Crippen LogP contribution in [0.1, 0.15) is 74.9 Å². The molecule has 0 bridgehead atoms. The van der Waals surface area contributed by atoms with E-state index in [2.05, 4.69) is 551 Å². The summed E-state index contributed by atoms with van der Waals surface area (Å²) in [5.74, 6) is 0. The van der Waals surface area contributed by atoms with Crippen molar-refractivity contribution in [3.8, 4) is 134 Å². The van der Waals surface area contributed by atoms with Crippen LogP contribution in [-0.2, 0) is 16.2 Å². The summed E-state index contributed by atoms with van der Waals surface area (Å²) in [5, 5.41) is 30.8. The van der Waals surface area contributed by atoms with Crippen LogP contribution >= 0.6 is 0 Å². The van der Waals surface area contributed by atoms with E-state index >= 15 is 0 Å². The third-order valence-corrected chi connectivity index (χ3v) is 33.1. The molecule has 27 aromatic rings. The van der Waals surface area contributed by atoms with E-state index in [1.807, 2.05) is 0 Å². The Labute approximate surface area is 857 Å². The van der Waals surface area contributed by atoms with E-state index in [9.17, 15) is 0 Å². The molecule has 0 N–H and O–H groups in total. The third kappa shape index (κ3) is 13.7. The fourth-order valence-electron chi connectivity index (χ4n) is 26.3. The molecule has 3 aliphatic rings. The van der Waals surface area contributed by atoms with E-state index in [0.29, 0.717) is 0 Å². The van der Waals surface area contributed by atoms with Gasteiger partial charge in [-0.2, -0.15) is 0 Å². The molecule has 0 spiro atoms. The molecule has 0 aromatic heterocycles. The van der Waals surface area contributed by atoms with Gasteiger partial charge in [-0.15, -0.1) is 0 Å². The molecule has 0 radical (unpaired) electrons. The summed E-state index contributed by atoms with van der Waals surface area (Å²) in [6.07, 6.45) is 0. The van der Waals surface area contributed by atoms with Gasteiger partial charge < -0.3 is 0 Å². The molecule has 0 nitrogen and oxygen atoms in total. The van der Waals surface area contributed by atoms with Crippen LogP contribution in [0.4, 0.5) is 0 Å². The smallest absolute Gasteiger partial charge is 0.0159 e. The fourth-order valence-corrected chi connectivity index (χ4v) is 26.3. The zero-order valence-electron chi connectivity index (χ0n) is 83.0. The largest absolute Gasteiger partial charge is 0.0622 e. The molecule has 0 heterocycles. The fraction of sp³-hybridized carbons (Fsp3) is 0.0612. The number of hydrogen-bond acceptors (Lipinski definition) is 0. The van der Waals surface area contributed by atoms with E-state index in [-0.39, 0.29) is 16.2 Å². The summed E-state index contributed by atoms with van der Waals surface area (Å²) in [7, 11) is 0. The lowest BCUT2D eigenvalue weighted by Crippen LogP contribution is -2.15. The summed E-state index contributed by atoms with van der Waals surface area (Å²) in [6, 6.07) is 189. The summed E-state index contributed by atoms with van der Waals surface area (Å²) in [5.41, 5.74) is 39.3. The molecular formula is C147H102. The maximum Gasteiger partial charge on any atom is 0.0159 e. The van der Waals surface area contributed by atoms with Crippen molar-refractivity contribution in [1.29, 1.82) is 0 Å². The molecule has 27 aromatic carbocycles. The molecular weight excluding hydrogens is 1770 g/mol. The zero-order chi connectivity index (χ0) is 98.1. The van der Waals surface area contributed by atoms with Crippen molar-refractivity contribution in [2.24, 2.45) is 0 Å². The Morgan fingerprint density at radius 1 is 0.102 bits per heavy atom. The average Bonchev–Trinajstić information content (AvgIpc) is 1.34. The highest BCUT2D eigenvalue weighted by atomic mass is 14.4. The molecule has 0 amide bonds. The summed E-state index contributed by atoms with van der Waals surface area (Å²) < 4.78 is 0. The van der Waals surface area contributed by atoms with Crippen molar-refractivity contribution in [3.05, 3.63) is 543 Å². The van der Waals surface area contributed by atoms with Crippen molar-refractivity contribution >= 4 is 129 Å². The van der Waals surface area contributed by atoms with Crippen molar-refractivity contribution in [2.45, 2.75) is 57.8 Å². The number of fused-ring (bicyclic) bond motifs is 24. The van der Waals surface area contributed by atoms with Gasteiger partial charge in [-0.25, -0.2) is 0 Å². The molecule has 0 atom stereocenters. The summed E-state index contributed by atoms with van der Waals surface area (Å²) in [6.45, 7) is 14.3.